The molecule has 0 atom stereocenters. The van der Waals surface area contributed by atoms with E-state index >= 15 is 0 Å². The zero-order valence-corrected chi connectivity index (χ0v) is 10.6. The first kappa shape index (κ1) is 11.4. The molecule has 1 aliphatic heterocycles. The van der Waals surface area contributed by atoms with Crippen molar-refractivity contribution >= 4 is 5.91 Å². The van der Waals surface area contributed by atoms with Crippen LogP contribution in [0.15, 0.2) is 21.7 Å². The van der Waals surface area contributed by atoms with Gasteiger partial charge in [0.2, 0.25) is 0 Å². The van der Waals surface area contributed by atoms with Crippen molar-refractivity contribution in [2.24, 2.45) is 0 Å². The molecule has 2 aromatic heterocycles. The molecule has 0 spiro atoms. The quantitative estimate of drug-likeness (QED) is 0.872. The number of nitrogens with zero attached hydrogens (tertiary/aromatic N) is 3. The molecule has 1 fully saturated rings. The van der Waals surface area contributed by atoms with Gasteiger partial charge in [-0.2, -0.15) is 0 Å². The number of carbonyl (C=O) groups is 1. The van der Waals surface area contributed by atoms with Crippen molar-refractivity contribution in [3.05, 3.63) is 45.8 Å². The lowest BCUT2D eigenvalue weighted by atomic mass is 10.2. The summed E-state index contributed by atoms with van der Waals surface area (Å²) in [4.78, 5) is 36.0. The highest BCUT2D eigenvalue weighted by Gasteiger charge is 2.31. The second-order valence-electron chi connectivity index (χ2n) is 5.20. The van der Waals surface area contributed by atoms with Gasteiger partial charge < -0.3 is 9.32 Å². The molecule has 0 bridgehead atoms. The second-order valence-corrected chi connectivity index (χ2v) is 5.20. The number of amides is 1. The van der Waals surface area contributed by atoms with Gasteiger partial charge in [0.15, 0.2) is 0 Å². The molecular formula is C13H12N4O3. The minimum Gasteiger partial charge on any atom is -0.416 e. The number of H-pyrrole nitrogens is 1. The molecule has 0 radical (unpaired) electrons. The van der Waals surface area contributed by atoms with Crippen LogP contribution in [0.3, 0.4) is 0 Å². The first-order chi connectivity index (χ1) is 9.70. The van der Waals surface area contributed by atoms with Gasteiger partial charge in [0.25, 0.3) is 5.91 Å². The van der Waals surface area contributed by atoms with Crippen molar-refractivity contribution in [3.63, 3.8) is 0 Å². The summed E-state index contributed by atoms with van der Waals surface area (Å²) in [6, 6.07) is 0. The summed E-state index contributed by atoms with van der Waals surface area (Å²) in [5, 5.41) is 0. The van der Waals surface area contributed by atoms with Crippen LogP contribution in [0.1, 0.15) is 46.3 Å². The normalized spacial score (nSPS) is 17.3. The third-order valence-corrected chi connectivity index (χ3v) is 3.66. The smallest absolute Gasteiger partial charge is 0.416 e. The average molecular weight is 272 g/mol. The second kappa shape index (κ2) is 4.03. The largest absolute Gasteiger partial charge is 0.416 e. The summed E-state index contributed by atoms with van der Waals surface area (Å²) in [5.74, 6) is 0.493. The number of hydrogen-bond acceptors (Lipinski definition) is 5. The molecule has 0 unspecified atom stereocenters. The highest BCUT2D eigenvalue weighted by atomic mass is 16.4. The Hall–Kier alpha value is -2.44. The number of rotatable bonds is 2. The molecule has 2 aromatic rings. The van der Waals surface area contributed by atoms with E-state index in [-0.39, 0.29) is 11.6 Å². The van der Waals surface area contributed by atoms with Crippen molar-refractivity contribution < 1.29 is 9.21 Å². The predicted molar refractivity (Wildman–Crippen MR) is 66.9 cm³/mol. The molecule has 4 rings (SSSR count). The van der Waals surface area contributed by atoms with E-state index in [0.717, 1.165) is 36.2 Å². The van der Waals surface area contributed by atoms with Crippen molar-refractivity contribution in [3.8, 4) is 0 Å². The number of oxazole rings is 1. The van der Waals surface area contributed by atoms with Gasteiger partial charge in [0.05, 0.1) is 12.2 Å². The minimum atomic E-state index is -0.624. The van der Waals surface area contributed by atoms with Crippen LogP contribution < -0.4 is 5.76 Å². The summed E-state index contributed by atoms with van der Waals surface area (Å²) in [7, 11) is 0. The third kappa shape index (κ3) is 1.82. The van der Waals surface area contributed by atoms with E-state index in [2.05, 4.69) is 19.4 Å². The van der Waals surface area contributed by atoms with Crippen LogP contribution in [0.5, 0.6) is 0 Å². The van der Waals surface area contributed by atoms with Crippen molar-refractivity contribution in [1.82, 2.24) is 19.9 Å². The van der Waals surface area contributed by atoms with Crippen LogP contribution in [0, 0.1) is 0 Å². The molecule has 1 saturated carbocycles. The number of fused-ring (bicyclic) bond motifs is 1. The number of nitrogens with one attached hydrogen (secondary N) is 1. The van der Waals surface area contributed by atoms with Gasteiger partial charge >= 0.3 is 5.76 Å². The lowest BCUT2D eigenvalue weighted by Gasteiger charge is -2.12. The first-order valence-electron chi connectivity index (χ1n) is 6.52. The summed E-state index contributed by atoms with van der Waals surface area (Å²) in [6.45, 7) is 0.913. The molecule has 7 nitrogen and oxygen atoms in total. The fraction of sp³-hybridized carbons (Fsp3) is 0.385. The Morgan fingerprint density at radius 3 is 2.95 bits per heavy atom. The lowest BCUT2D eigenvalue weighted by molar-refractivity contribution is 0.0744. The summed E-state index contributed by atoms with van der Waals surface area (Å²) in [6.07, 6.45) is 5.26. The van der Waals surface area contributed by atoms with E-state index in [9.17, 15) is 9.59 Å². The van der Waals surface area contributed by atoms with Gasteiger partial charge in [-0.15, -0.1) is 0 Å². The number of aromatic amines is 1. The molecular weight excluding hydrogens is 260 g/mol. The molecule has 1 amide bonds. The molecule has 3 heterocycles. The fourth-order valence-corrected chi connectivity index (χ4v) is 2.41. The Morgan fingerprint density at radius 2 is 2.25 bits per heavy atom. The van der Waals surface area contributed by atoms with Gasteiger partial charge in [-0.05, 0) is 12.8 Å². The third-order valence-electron chi connectivity index (χ3n) is 3.66. The molecule has 0 saturated heterocycles. The van der Waals surface area contributed by atoms with E-state index in [0.29, 0.717) is 19.0 Å². The van der Waals surface area contributed by atoms with Crippen LogP contribution >= 0.6 is 0 Å². The predicted octanol–water partition coefficient (Wildman–Crippen LogP) is 0.791. The van der Waals surface area contributed by atoms with Gasteiger partial charge in [-0.1, -0.05) is 0 Å². The molecule has 1 N–H and O–H groups in total. The topological polar surface area (TPSA) is 92.1 Å². The summed E-state index contributed by atoms with van der Waals surface area (Å²) in [5.41, 5.74) is 2.04. The van der Waals surface area contributed by atoms with E-state index in [4.69, 9.17) is 0 Å². The number of aromatic nitrogens is 3. The Bertz CT molecular complexity index is 744. The Labute approximate surface area is 113 Å². The summed E-state index contributed by atoms with van der Waals surface area (Å²) >= 11 is 0. The molecule has 20 heavy (non-hydrogen) atoms. The van der Waals surface area contributed by atoms with Crippen LogP contribution in [0.4, 0.5) is 0 Å². The van der Waals surface area contributed by atoms with Crippen LogP contribution in [-0.4, -0.2) is 25.8 Å². The van der Waals surface area contributed by atoms with E-state index < -0.39 is 5.76 Å². The van der Waals surface area contributed by atoms with E-state index in [1.165, 1.54) is 0 Å². The van der Waals surface area contributed by atoms with E-state index in [1.807, 2.05) is 0 Å². The highest BCUT2D eigenvalue weighted by Crippen LogP contribution is 2.38. The van der Waals surface area contributed by atoms with Crippen LogP contribution in [0.25, 0.3) is 0 Å². The summed E-state index contributed by atoms with van der Waals surface area (Å²) < 4.78 is 4.59. The van der Waals surface area contributed by atoms with Crippen LogP contribution in [-0.2, 0) is 13.1 Å². The Kier molecular flexibility index (Phi) is 2.29. The molecule has 0 aromatic carbocycles. The van der Waals surface area contributed by atoms with Crippen molar-refractivity contribution in [2.45, 2.75) is 31.8 Å². The standard InChI is InChI=1S/C13H12N4O3/c18-12(10-6-20-13(19)16-10)17-4-8-3-14-11(7-1-2-7)15-9(8)5-17/h3,6-7H,1-2,4-5H2,(H,16,19). The Balaban J connectivity index is 1.58. The molecule has 102 valence electrons. The Morgan fingerprint density at radius 1 is 1.40 bits per heavy atom. The highest BCUT2D eigenvalue weighted by molar-refractivity contribution is 5.92. The maximum Gasteiger partial charge on any atom is 0.416 e. The monoisotopic (exact) mass is 272 g/mol. The maximum absolute atomic E-state index is 12.2. The zero-order chi connectivity index (χ0) is 13.7. The SMILES string of the molecule is O=C(c1coc(=O)[nH]1)N1Cc2cnc(C3CC3)nc2C1. The maximum atomic E-state index is 12.2. The van der Waals surface area contributed by atoms with Crippen molar-refractivity contribution in [1.29, 1.82) is 0 Å². The van der Waals surface area contributed by atoms with Crippen LogP contribution in [0.2, 0.25) is 0 Å². The average Bonchev–Trinajstić information content (AvgIpc) is 3.07. The van der Waals surface area contributed by atoms with Gasteiger partial charge in [-0.3, -0.25) is 9.78 Å². The molecule has 2 aliphatic rings. The number of hydrogen-bond donors (Lipinski definition) is 1. The number of carbonyl (C=O) groups excluding carboxylic acids is 1. The molecule has 7 heteroatoms. The first-order valence-corrected chi connectivity index (χ1v) is 6.52. The fourth-order valence-electron chi connectivity index (χ4n) is 2.41. The van der Waals surface area contributed by atoms with Gasteiger partial charge in [0, 0.05) is 24.2 Å². The minimum absolute atomic E-state index is 0.165. The van der Waals surface area contributed by atoms with Gasteiger partial charge in [-0.25, -0.2) is 14.8 Å². The molecule has 1 aliphatic carbocycles. The lowest BCUT2D eigenvalue weighted by Crippen LogP contribution is -2.26. The van der Waals surface area contributed by atoms with Crippen molar-refractivity contribution in [2.75, 3.05) is 0 Å². The zero-order valence-electron chi connectivity index (χ0n) is 10.6. The van der Waals surface area contributed by atoms with E-state index in [1.54, 1.807) is 11.1 Å². The van der Waals surface area contributed by atoms with Gasteiger partial charge in [0.1, 0.15) is 17.8 Å².